The van der Waals surface area contributed by atoms with Crippen LogP contribution in [0, 0.1) is 13.8 Å². The summed E-state index contributed by atoms with van der Waals surface area (Å²) in [7, 11) is -2.26. The standard InChI is InChI=1S/C21H25N3O4S/c1-5-12-22-29(27,28)18-10-7-9-17(13-18)21(26)24(4)14-20(25)23-19-11-6-8-15(2)16(19)3/h5-11,13,22H,1,12,14H2,2-4H3,(H,23,25). The lowest BCUT2D eigenvalue weighted by molar-refractivity contribution is -0.116. The van der Waals surface area contributed by atoms with Gasteiger partial charge in [-0.05, 0) is 49.2 Å². The molecule has 8 heteroatoms. The van der Waals surface area contributed by atoms with Crippen LogP contribution in [0.25, 0.3) is 0 Å². The van der Waals surface area contributed by atoms with Crippen LogP contribution >= 0.6 is 0 Å². The highest BCUT2D eigenvalue weighted by molar-refractivity contribution is 7.89. The maximum Gasteiger partial charge on any atom is 0.254 e. The van der Waals surface area contributed by atoms with Crippen molar-refractivity contribution in [3.8, 4) is 0 Å². The van der Waals surface area contributed by atoms with Gasteiger partial charge < -0.3 is 10.2 Å². The lowest BCUT2D eigenvalue weighted by Gasteiger charge is -2.18. The van der Waals surface area contributed by atoms with Crippen molar-refractivity contribution in [2.75, 3.05) is 25.5 Å². The first-order valence-electron chi connectivity index (χ1n) is 8.98. The third-order valence-electron chi connectivity index (χ3n) is 4.42. The Bertz CT molecular complexity index is 1030. The molecule has 154 valence electrons. The summed E-state index contributed by atoms with van der Waals surface area (Å²) in [5, 5.41) is 2.80. The highest BCUT2D eigenvalue weighted by Gasteiger charge is 2.19. The fraction of sp³-hybridized carbons (Fsp3) is 0.238. The molecule has 0 fully saturated rings. The van der Waals surface area contributed by atoms with Crippen LogP contribution in [0.2, 0.25) is 0 Å². The Morgan fingerprint density at radius 1 is 1.14 bits per heavy atom. The van der Waals surface area contributed by atoms with Gasteiger partial charge >= 0.3 is 0 Å². The Labute approximate surface area is 171 Å². The summed E-state index contributed by atoms with van der Waals surface area (Å²) in [4.78, 5) is 26.2. The third-order valence-corrected chi connectivity index (χ3v) is 5.84. The van der Waals surface area contributed by atoms with E-state index in [1.807, 2.05) is 26.0 Å². The molecule has 0 atom stereocenters. The minimum atomic E-state index is -3.75. The van der Waals surface area contributed by atoms with E-state index < -0.39 is 15.9 Å². The van der Waals surface area contributed by atoms with Crippen LogP contribution in [0.15, 0.2) is 60.0 Å². The number of amides is 2. The van der Waals surface area contributed by atoms with Crippen molar-refractivity contribution in [2.24, 2.45) is 0 Å². The molecule has 0 aromatic heterocycles. The highest BCUT2D eigenvalue weighted by Crippen LogP contribution is 2.18. The number of rotatable bonds is 8. The van der Waals surface area contributed by atoms with E-state index in [1.54, 1.807) is 6.07 Å². The van der Waals surface area contributed by atoms with E-state index in [1.165, 1.54) is 42.3 Å². The summed E-state index contributed by atoms with van der Waals surface area (Å²) >= 11 is 0. The molecule has 0 saturated carbocycles. The number of aryl methyl sites for hydroxylation is 1. The predicted octanol–water partition coefficient (Wildman–Crippen LogP) is 2.48. The number of carbonyl (C=O) groups is 2. The molecule has 0 radical (unpaired) electrons. The minimum absolute atomic E-state index is 0.0292. The number of hydrogen-bond donors (Lipinski definition) is 2. The molecule has 0 saturated heterocycles. The monoisotopic (exact) mass is 415 g/mol. The number of nitrogens with zero attached hydrogens (tertiary/aromatic N) is 1. The van der Waals surface area contributed by atoms with Gasteiger partial charge in [0.25, 0.3) is 5.91 Å². The van der Waals surface area contributed by atoms with Gasteiger partial charge in [0.15, 0.2) is 0 Å². The van der Waals surface area contributed by atoms with Crippen LogP contribution in [0.4, 0.5) is 5.69 Å². The van der Waals surface area contributed by atoms with Gasteiger partial charge in [-0.3, -0.25) is 9.59 Å². The topological polar surface area (TPSA) is 95.6 Å². The van der Waals surface area contributed by atoms with Crippen molar-refractivity contribution in [1.29, 1.82) is 0 Å². The number of anilines is 1. The van der Waals surface area contributed by atoms with Crippen LogP contribution < -0.4 is 10.0 Å². The average molecular weight is 416 g/mol. The molecule has 0 spiro atoms. The maximum atomic E-state index is 12.7. The molecule has 2 aromatic carbocycles. The zero-order chi connectivity index (χ0) is 21.6. The quantitative estimate of drug-likeness (QED) is 0.648. The van der Waals surface area contributed by atoms with E-state index in [0.717, 1.165) is 11.1 Å². The first-order chi connectivity index (χ1) is 13.7. The van der Waals surface area contributed by atoms with Crippen LogP contribution in [0.1, 0.15) is 21.5 Å². The Hall–Kier alpha value is -2.97. The normalized spacial score (nSPS) is 11.0. The van der Waals surface area contributed by atoms with Crippen LogP contribution in [0.3, 0.4) is 0 Å². The fourth-order valence-corrected chi connectivity index (χ4v) is 3.68. The molecule has 0 bridgehead atoms. The van der Waals surface area contributed by atoms with Crippen LogP contribution in [-0.4, -0.2) is 45.3 Å². The smallest absolute Gasteiger partial charge is 0.254 e. The van der Waals surface area contributed by atoms with Crippen molar-refractivity contribution in [1.82, 2.24) is 9.62 Å². The summed E-state index contributed by atoms with van der Waals surface area (Å²) in [6.07, 6.45) is 1.43. The third kappa shape index (κ3) is 5.75. The lowest BCUT2D eigenvalue weighted by Crippen LogP contribution is -2.35. The molecule has 2 amide bonds. The summed E-state index contributed by atoms with van der Waals surface area (Å²) < 4.78 is 26.8. The zero-order valence-corrected chi connectivity index (χ0v) is 17.5. The van der Waals surface area contributed by atoms with E-state index in [0.29, 0.717) is 5.69 Å². The second-order valence-electron chi connectivity index (χ2n) is 6.63. The van der Waals surface area contributed by atoms with Gasteiger partial charge in [0.2, 0.25) is 15.9 Å². The second kappa shape index (κ2) is 9.49. The largest absolute Gasteiger partial charge is 0.332 e. The maximum absolute atomic E-state index is 12.7. The van der Waals surface area contributed by atoms with E-state index in [2.05, 4.69) is 16.6 Å². The molecular weight excluding hydrogens is 390 g/mol. The van der Waals surface area contributed by atoms with Crippen molar-refractivity contribution in [3.05, 3.63) is 71.8 Å². The van der Waals surface area contributed by atoms with Gasteiger partial charge in [-0.2, -0.15) is 0 Å². The molecule has 0 aliphatic carbocycles. The number of sulfonamides is 1. The van der Waals surface area contributed by atoms with Gasteiger partial charge in [-0.25, -0.2) is 13.1 Å². The second-order valence-corrected chi connectivity index (χ2v) is 8.39. The highest BCUT2D eigenvalue weighted by atomic mass is 32.2. The lowest BCUT2D eigenvalue weighted by atomic mass is 10.1. The average Bonchev–Trinajstić information content (AvgIpc) is 2.69. The molecule has 2 rings (SSSR count). The van der Waals surface area contributed by atoms with Crippen molar-refractivity contribution in [3.63, 3.8) is 0 Å². The summed E-state index contributed by atoms with van der Waals surface area (Å²) in [5.41, 5.74) is 2.88. The van der Waals surface area contributed by atoms with Gasteiger partial charge in [-0.15, -0.1) is 6.58 Å². The number of nitrogens with one attached hydrogen (secondary N) is 2. The molecule has 29 heavy (non-hydrogen) atoms. The van der Waals surface area contributed by atoms with Gasteiger partial charge in [0.1, 0.15) is 0 Å². The van der Waals surface area contributed by atoms with Crippen molar-refractivity contribution in [2.45, 2.75) is 18.7 Å². The Kier molecular flexibility index (Phi) is 7.30. The summed E-state index contributed by atoms with van der Waals surface area (Å²) in [6.45, 7) is 7.24. The number of carbonyl (C=O) groups excluding carboxylic acids is 2. The fourth-order valence-electron chi connectivity index (χ4n) is 2.63. The van der Waals surface area contributed by atoms with Gasteiger partial charge in [0.05, 0.1) is 11.4 Å². The Morgan fingerprint density at radius 2 is 1.83 bits per heavy atom. The van der Waals surface area contributed by atoms with E-state index in [9.17, 15) is 18.0 Å². The predicted molar refractivity (Wildman–Crippen MR) is 113 cm³/mol. The van der Waals surface area contributed by atoms with Crippen molar-refractivity contribution >= 4 is 27.5 Å². The van der Waals surface area contributed by atoms with Crippen LogP contribution in [0.5, 0.6) is 0 Å². The van der Waals surface area contributed by atoms with E-state index >= 15 is 0 Å². The van der Waals surface area contributed by atoms with Gasteiger partial charge in [0, 0.05) is 24.8 Å². The molecule has 0 aliphatic rings. The Morgan fingerprint density at radius 3 is 2.52 bits per heavy atom. The van der Waals surface area contributed by atoms with E-state index in [4.69, 9.17) is 0 Å². The number of likely N-dealkylation sites (N-methyl/N-ethyl adjacent to an activating group) is 1. The Balaban J connectivity index is 2.10. The van der Waals surface area contributed by atoms with Crippen molar-refractivity contribution < 1.29 is 18.0 Å². The van der Waals surface area contributed by atoms with Gasteiger partial charge in [-0.1, -0.05) is 24.3 Å². The molecule has 7 nitrogen and oxygen atoms in total. The molecule has 0 unspecified atom stereocenters. The SMILES string of the molecule is C=CCNS(=O)(=O)c1cccc(C(=O)N(C)CC(=O)Nc2cccc(C)c2C)c1. The van der Waals surface area contributed by atoms with Crippen LogP contribution in [-0.2, 0) is 14.8 Å². The summed E-state index contributed by atoms with van der Waals surface area (Å²) in [5.74, 6) is -0.798. The first-order valence-corrected chi connectivity index (χ1v) is 10.5. The molecule has 2 N–H and O–H groups in total. The first kappa shape index (κ1) is 22.3. The summed E-state index contributed by atoms with van der Waals surface area (Å²) in [6, 6.07) is 11.3. The number of hydrogen-bond acceptors (Lipinski definition) is 4. The molecule has 0 heterocycles. The van der Waals surface area contributed by atoms with E-state index in [-0.39, 0.29) is 29.5 Å². The molecule has 0 aliphatic heterocycles. The zero-order valence-electron chi connectivity index (χ0n) is 16.7. The molecule has 2 aromatic rings. The molecular formula is C21H25N3O4S. The minimum Gasteiger partial charge on any atom is -0.332 e. The number of benzene rings is 2.